The molecule has 0 aromatic carbocycles. The van der Waals surface area contributed by atoms with Gasteiger partial charge in [-0.25, -0.2) is 0 Å². The normalized spacial score (nSPS) is 20.2. The van der Waals surface area contributed by atoms with Crippen LogP contribution >= 0.6 is 0 Å². The number of hydrogen-bond acceptors (Lipinski definition) is 2. The fourth-order valence-electron chi connectivity index (χ4n) is 1.66. The van der Waals surface area contributed by atoms with Crippen LogP contribution in [-0.2, 0) is 0 Å². The number of nitrogens with zero attached hydrogens (tertiary/aromatic N) is 2. The Morgan fingerprint density at radius 1 is 1.15 bits per heavy atom. The van der Waals surface area contributed by atoms with Gasteiger partial charge in [0.25, 0.3) is 0 Å². The molecule has 1 aliphatic carbocycles. The first-order chi connectivity index (χ1) is 6.09. The van der Waals surface area contributed by atoms with E-state index < -0.39 is 0 Å². The van der Waals surface area contributed by atoms with Crippen LogP contribution in [-0.4, -0.2) is 0 Å². The van der Waals surface area contributed by atoms with Crippen LogP contribution in [0, 0.1) is 28.1 Å². The molecule has 0 radical (unpaired) electrons. The molecule has 0 spiro atoms. The van der Waals surface area contributed by atoms with Crippen LogP contribution in [0.5, 0.6) is 0 Å². The van der Waals surface area contributed by atoms with E-state index in [-0.39, 0.29) is 0 Å². The summed E-state index contributed by atoms with van der Waals surface area (Å²) >= 11 is 0. The number of rotatable bonds is 0. The number of allylic oxidation sites excluding steroid dienone is 2. The van der Waals surface area contributed by atoms with Gasteiger partial charge in [0, 0.05) is 0 Å². The van der Waals surface area contributed by atoms with E-state index in [2.05, 4.69) is 13.8 Å². The summed E-state index contributed by atoms with van der Waals surface area (Å²) in [7, 11) is 0. The van der Waals surface area contributed by atoms with Gasteiger partial charge in [-0.3, -0.25) is 0 Å². The summed E-state index contributed by atoms with van der Waals surface area (Å²) < 4.78 is 0. The van der Waals surface area contributed by atoms with Crippen molar-refractivity contribution in [3.05, 3.63) is 11.1 Å². The van der Waals surface area contributed by atoms with Gasteiger partial charge in [0.15, 0.2) is 0 Å². The lowest BCUT2D eigenvalue weighted by Crippen LogP contribution is -2.17. The number of nitriles is 2. The maximum Gasteiger partial charge on any atom is 0.128 e. The van der Waals surface area contributed by atoms with Crippen LogP contribution in [0.25, 0.3) is 0 Å². The van der Waals surface area contributed by atoms with Crippen molar-refractivity contribution in [3.8, 4) is 12.1 Å². The lowest BCUT2D eigenvalue weighted by molar-refractivity contribution is 0.278. The second-order valence-corrected chi connectivity index (χ2v) is 4.37. The summed E-state index contributed by atoms with van der Waals surface area (Å²) in [6, 6.07) is 3.93. The van der Waals surface area contributed by atoms with Gasteiger partial charge in [-0.1, -0.05) is 13.8 Å². The van der Waals surface area contributed by atoms with E-state index >= 15 is 0 Å². The predicted molar refractivity (Wildman–Crippen MR) is 50.5 cm³/mol. The van der Waals surface area contributed by atoms with E-state index in [9.17, 15) is 0 Å². The molecule has 0 aromatic heterocycles. The molecule has 1 aliphatic rings. The fourth-order valence-corrected chi connectivity index (χ4v) is 1.66. The smallest absolute Gasteiger partial charge is 0.128 e. The van der Waals surface area contributed by atoms with Gasteiger partial charge in [0.2, 0.25) is 0 Å². The highest BCUT2D eigenvalue weighted by Gasteiger charge is 2.24. The topological polar surface area (TPSA) is 47.6 Å². The molecule has 2 heteroatoms. The van der Waals surface area contributed by atoms with Gasteiger partial charge in [-0.15, -0.1) is 0 Å². The highest BCUT2D eigenvalue weighted by atomic mass is 14.3. The first kappa shape index (κ1) is 9.81. The SMILES string of the molecule is CC1(C)CCC(=C(C#N)C#N)CC1. The lowest BCUT2D eigenvalue weighted by atomic mass is 9.74. The average molecular weight is 174 g/mol. The Morgan fingerprint density at radius 3 is 2.00 bits per heavy atom. The monoisotopic (exact) mass is 174 g/mol. The Bertz CT molecular complexity index is 282. The maximum absolute atomic E-state index is 8.68. The Morgan fingerprint density at radius 2 is 1.62 bits per heavy atom. The minimum Gasteiger partial charge on any atom is -0.192 e. The van der Waals surface area contributed by atoms with Gasteiger partial charge in [-0.05, 0) is 36.7 Å². The van der Waals surface area contributed by atoms with E-state index in [4.69, 9.17) is 10.5 Å². The molecule has 0 bridgehead atoms. The van der Waals surface area contributed by atoms with Crippen LogP contribution in [0.1, 0.15) is 39.5 Å². The average Bonchev–Trinajstić information content (AvgIpc) is 2.09. The quantitative estimate of drug-likeness (QED) is 0.530. The van der Waals surface area contributed by atoms with Crippen molar-refractivity contribution in [2.75, 3.05) is 0 Å². The number of hydrogen-bond donors (Lipinski definition) is 0. The van der Waals surface area contributed by atoms with E-state index in [0.717, 1.165) is 31.3 Å². The molecular formula is C11H14N2. The molecule has 13 heavy (non-hydrogen) atoms. The van der Waals surface area contributed by atoms with Gasteiger partial charge in [0.05, 0.1) is 0 Å². The van der Waals surface area contributed by atoms with Crippen molar-refractivity contribution >= 4 is 0 Å². The van der Waals surface area contributed by atoms with Crippen molar-refractivity contribution in [3.63, 3.8) is 0 Å². The molecule has 0 heterocycles. The molecular weight excluding hydrogens is 160 g/mol. The van der Waals surface area contributed by atoms with Gasteiger partial charge in [0.1, 0.15) is 17.7 Å². The largest absolute Gasteiger partial charge is 0.192 e. The summed E-state index contributed by atoms with van der Waals surface area (Å²) in [6.07, 6.45) is 4.03. The molecule has 1 fully saturated rings. The van der Waals surface area contributed by atoms with E-state index in [1.165, 1.54) is 0 Å². The highest BCUT2D eigenvalue weighted by molar-refractivity contribution is 5.40. The summed E-state index contributed by atoms with van der Waals surface area (Å²) in [5.74, 6) is 0. The second kappa shape index (κ2) is 3.62. The van der Waals surface area contributed by atoms with Gasteiger partial charge in [-0.2, -0.15) is 10.5 Å². The third-order valence-electron chi connectivity index (χ3n) is 2.78. The Balaban J connectivity index is 2.77. The lowest BCUT2D eigenvalue weighted by Gasteiger charge is -2.30. The Kier molecular flexibility index (Phi) is 2.73. The zero-order chi connectivity index (χ0) is 9.90. The zero-order valence-electron chi connectivity index (χ0n) is 8.22. The molecule has 2 nitrogen and oxygen atoms in total. The van der Waals surface area contributed by atoms with Crippen LogP contribution in [0.4, 0.5) is 0 Å². The third-order valence-corrected chi connectivity index (χ3v) is 2.78. The van der Waals surface area contributed by atoms with Crippen molar-refractivity contribution in [1.29, 1.82) is 10.5 Å². The van der Waals surface area contributed by atoms with Crippen molar-refractivity contribution in [1.82, 2.24) is 0 Å². The Labute approximate surface area is 79.5 Å². The molecule has 0 saturated heterocycles. The molecule has 0 unspecified atom stereocenters. The second-order valence-electron chi connectivity index (χ2n) is 4.37. The van der Waals surface area contributed by atoms with E-state index in [1.807, 2.05) is 12.1 Å². The van der Waals surface area contributed by atoms with E-state index in [1.54, 1.807) is 0 Å². The van der Waals surface area contributed by atoms with Crippen molar-refractivity contribution < 1.29 is 0 Å². The van der Waals surface area contributed by atoms with Crippen LogP contribution < -0.4 is 0 Å². The van der Waals surface area contributed by atoms with Crippen LogP contribution in [0.3, 0.4) is 0 Å². The van der Waals surface area contributed by atoms with Crippen molar-refractivity contribution in [2.45, 2.75) is 39.5 Å². The standard InChI is InChI=1S/C11H14N2/c1-11(2)5-3-9(4-6-11)10(7-12)8-13/h3-6H2,1-2H3. The minimum atomic E-state index is 0.343. The molecule has 0 amide bonds. The molecule has 0 aromatic rings. The maximum atomic E-state index is 8.68. The summed E-state index contributed by atoms with van der Waals surface area (Å²) in [5, 5.41) is 17.4. The van der Waals surface area contributed by atoms with E-state index in [0.29, 0.717) is 11.0 Å². The zero-order valence-corrected chi connectivity index (χ0v) is 8.22. The van der Waals surface area contributed by atoms with Crippen molar-refractivity contribution in [2.24, 2.45) is 5.41 Å². The first-order valence-electron chi connectivity index (χ1n) is 4.61. The summed E-state index contributed by atoms with van der Waals surface area (Å²) in [6.45, 7) is 4.48. The molecule has 0 atom stereocenters. The predicted octanol–water partition coefficient (Wildman–Crippen LogP) is 2.93. The van der Waals surface area contributed by atoms with Crippen LogP contribution in [0.2, 0.25) is 0 Å². The fraction of sp³-hybridized carbons (Fsp3) is 0.636. The third kappa shape index (κ3) is 2.33. The molecule has 68 valence electrons. The first-order valence-corrected chi connectivity index (χ1v) is 4.61. The molecule has 1 saturated carbocycles. The Hall–Kier alpha value is -1.28. The van der Waals surface area contributed by atoms with Gasteiger partial charge >= 0.3 is 0 Å². The minimum absolute atomic E-state index is 0.343. The van der Waals surface area contributed by atoms with Gasteiger partial charge < -0.3 is 0 Å². The highest BCUT2D eigenvalue weighted by Crippen LogP contribution is 2.38. The molecule has 0 N–H and O–H groups in total. The molecule has 1 rings (SSSR count). The molecule has 0 aliphatic heterocycles. The summed E-state index contributed by atoms with van der Waals surface area (Å²) in [4.78, 5) is 0. The van der Waals surface area contributed by atoms with Crippen LogP contribution in [0.15, 0.2) is 11.1 Å². The summed E-state index contributed by atoms with van der Waals surface area (Å²) in [5.41, 5.74) is 1.79.